The molecule has 116 valence electrons. The number of carbonyl (C=O) groups excluding carboxylic acids is 2. The maximum Gasteiger partial charge on any atom is 0.325 e. The molecule has 2 amide bonds. The van der Waals surface area contributed by atoms with E-state index in [0.29, 0.717) is 0 Å². The Morgan fingerprint density at radius 1 is 1.25 bits per heavy atom. The van der Waals surface area contributed by atoms with Crippen molar-refractivity contribution in [3.05, 3.63) is 0 Å². The number of amides is 2. The first-order valence-electron chi connectivity index (χ1n) is 6.17. The normalized spacial score (nSPS) is 11.8. The molecular formula is C12H22N2O6. The number of hydrogen-bond donors (Lipinski definition) is 2. The molecule has 1 unspecified atom stereocenters. The van der Waals surface area contributed by atoms with Crippen LogP contribution in [0.5, 0.6) is 0 Å². The number of hydrogen-bond acceptors (Lipinski definition) is 5. The van der Waals surface area contributed by atoms with E-state index in [4.69, 9.17) is 9.84 Å². The molecule has 0 aromatic rings. The monoisotopic (exact) mass is 290 g/mol. The number of nitrogens with zero attached hydrogens (tertiary/aromatic N) is 1. The SMILES string of the molecule is COC(=O)CN(C(=O)NCC(CC(=O)O)OC)C(C)C. The van der Waals surface area contributed by atoms with Gasteiger partial charge in [0.05, 0.1) is 19.6 Å². The van der Waals surface area contributed by atoms with Crippen molar-refractivity contribution in [3.8, 4) is 0 Å². The van der Waals surface area contributed by atoms with Crippen molar-refractivity contribution in [1.29, 1.82) is 0 Å². The molecule has 0 fully saturated rings. The second-order valence-corrected chi connectivity index (χ2v) is 4.44. The van der Waals surface area contributed by atoms with E-state index in [1.54, 1.807) is 13.8 Å². The molecule has 0 heterocycles. The van der Waals surface area contributed by atoms with Gasteiger partial charge < -0.3 is 24.8 Å². The number of ether oxygens (including phenoxy) is 2. The van der Waals surface area contributed by atoms with Crippen LogP contribution in [-0.2, 0) is 19.1 Å². The van der Waals surface area contributed by atoms with Crippen molar-refractivity contribution in [3.63, 3.8) is 0 Å². The average Bonchev–Trinajstić information content (AvgIpc) is 2.39. The van der Waals surface area contributed by atoms with E-state index < -0.39 is 24.1 Å². The van der Waals surface area contributed by atoms with Gasteiger partial charge in [0.1, 0.15) is 6.54 Å². The average molecular weight is 290 g/mol. The van der Waals surface area contributed by atoms with Crippen LogP contribution in [0.15, 0.2) is 0 Å². The summed E-state index contributed by atoms with van der Waals surface area (Å²) < 4.78 is 9.47. The third-order valence-corrected chi connectivity index (χ3v) is 2.63. The number of carboxylic acids is 1. The zero-order chi connectivity index (χ0) is 15.7. The number of nitrogens with one attached hydrogen (secondary N) is 1. The minimum absolute atomic E-state index is 0.0476. The van der Waals surface area contributed by atoms with Crippen LogP contribution in [0.4, 0.5) is 4.79 Å². The van der Waals surface area contributed by atoms with E-state index in [1.807, 2.05) is 0 Å². The van der Waals surface area contributed by atoms with E-state index in [1.165, 1.54) is 19.1 Å². The molecule has 0 aromatic heterocycles. The Bertz CT molecular complexity index is 345. The van der Waals surface area contributed by atoms with Crippen LogP contribution < -0.4 is 5.32 Å². The molecule has 20 heavy (non-hydrogen) atoms. The molecule has 0 bridgehead atoms. The van der Waals surface area contributed by atoms with Crippen LogP contribution in [0.2, 0.25) is 0 Å². The quantitative estimate of drug-likeness (QED) is 0.613. The zero-order valence-electron chi connectivity index (χ0n) is 12.2. The fraction of sp³-hybridized carbons (Fsp3) is 0.750. The van der Waals surface area contributed by atoms with Gasteiger partial charge >= 0.3 is 18.0 Å². The summed E-state index contributed by atoms with van der Waals surface area (Å²) >= 11 is 0. The van der Waals surface area contributed by atoms with Gasteiger partial charge in [0.2, 0.25) is 0 Å². The summed E-state index contributed by atoms with van der Waals surface area (Å²) in [5.74, 6) is -1.54. The van der Waals surface area contributed by atoms with E-state index in [0.717, 1.165) is 0 Å². The highest BCUT2D eigenvalue weighted by Gasteiger charge is 2.21. The van der Waals surface area contributed by atoms with Crippen molar-refractivity contribution < 1.29 is 29.0 Å². The third kappa shape index (κ3) is 6.93. The van der Waals surface area contributed by atoms with Gasteiger partial charge in [0.15, 0.2) is 0 Å². The van der Waals surface area contributed by atoms with Gasteiger partial charge in [0.25, 0.3) is 0 Å². The zero-order valence-corrected chi connectivity index (χ0v) is 12.2. The molecule has 1 atom stereocenters. The van der Waals surface area contributed by atoms with Crippen LogP contribution in [-0.4, -0.2) is 67.4 Å². The first kappa shape index (κ1) is 18.2. The summed E-state index contributed by atoms with van der Waals surface area (Å²) in [6, 6.07) is -0.674. The van der Waals surface area contributed by atoms with Crippen molar-refractivity contribution in [2.75, 3.05) is 27.3 Å². The topological polar surface area (TPSA) is 105 Å². The van der Waals surface area contributed by atoms with Crippen LogP contribution in [0.1, 0.15) is 20.3 Å². The Morgan fingerprint density at radius 3 is 2.25 bits per heavy atom. The van der Waals surface area contributed by atoms with E-state index >= 15 is 0 Å². The number of rotatable bonds is 8. The summed E-state index contributed by atoms with van der Waals surface area (Å²) in [6.45, 7) is 3.39. The lowest BCUT2D eigenvalue weighted by Gasteiger charge is -2.26. The highest BCUT2D eigenvalue weighted by molar-refractivity contribution is 5.81. The molecule has 0 spiro atoms. The minimum Gasteiger partial charge on any atom is -0.481 e. The van der Waals surface area contributed by atoms with Gasteiger partial charge in [-0.2, -0.15) is 0 Å². The predicted octanol–water partition coefficient (Wildman–Crippen LogP) is 0.0691. The Hall–Kier alpha value is -1.83. The van der Waals surface area contributed by atoms with Crippen LogP contribution in [0.3, 0.4) is 0 Å². The first-order valence-corrected chi connectivity index (χ1v) is 6.17. The number of aliphatic carboxylic acids is 1. The molecule has 0 rings (SSSR count). The molecule has 0 saturated carbocycles. The molecule has 2 N–H and O–H groups in total. The second kappa shape index (κ2) is 9.13. The Balaban J connectivity index is 4.45. The molecule has 8 nitrogen and oxygen atoms in total. The van der Waals surface area contributed by atoms with E-state index in [9.17, 15) is 14.4 Å². The highest BCUT2D eigenvalue weighted by Crippen LogP contribution is 2.01. The lowest BCUT2D eigenvalue weighted by atomic mass is 10.2. The van der Waals surface area contributed by atoms with Gasteiger partial charge in [0, 0.05) is 19.7 Å². The standard InChI is InChI=1S/C12H22N2O6/c1-8(2)14(7-11(17)20-4)12(18)13-6-9(19-3)5-10(15)16/h8-9H,5-7H2,1-4H3,(H,13,18)(H,15,16). The number of urea groups is 1. The highest BCUT2D eigenvalue weighted by atomic mass is 16.5. The number of carbonyl (C=O) groups is 3. The largest absolute Gasteiger partial charge is 0.481 e. The van der Waals surface area contributed by atoms with Crippen molar-refractivity contribution in [2.45, 2.75) is 32.4 Å². The number of esters is 1. The molecule has 0 aliphatic heterocycles. The molecular weight excluding hydrogens is 268 g/mol. The van der Waals surface area contributed by atoms with Crippen molar-refractivity contribution in [1.82, 2.24) is 10.2 Å². The summed E-state index contributed by atoms with van der Waals surface area (Å²) in [5.41, 5.74) is 0. The molecule has 0 aromatic carbocycles. The summed E-state index contributed by atoms with van der Waals surface area (Å²) in [4.78, 5) is 35.0. The Morgan fingerprint density at radius 2 is 1.85 bits per heavy atom. The Labute approximate surface area is 118 Å². The molecule has 0 aliphatic rings. The van der Waals surface area contributed by atoms with Crippen molar-refractivity contribution >= 4 is 18.0 Å². The fourth-order valence-electron chi connectivity index (χ4n) is 1.43. The van der Waals surface area contributed by atoms with Gasteiger partial charge in [-0.1, -0.05) is 0 Å². The summed E-state index contributed by atoms with van der Waals surface area (Å²) in [6.07, 6.45) is -0.835. The number of methoxy groups -OCH3 is 2. The molecule has 0 saturated heterocycles. The van der Waals surface area contributed by atoms with Gasteiger partial charge in [-0.15, -0.1) is 0 Å². The predicted molar refractivity (Wildman–Crippen MR) is 70.3 cm³/mol. The molecule has 8 heteroatoms. The van der Waals surface area contributed by atoms with Crippen LogP contribution in [0, 0.1) is 0 Å². The van der Waals surface area contributed by atoms with Gasteiger partial charge in [-0.3, -0.25) is 9.59 Å². The summed E-state index contributed by atoms with van der Waals surface area (Å²) in [5, 5.41) is 11.2. The summed E-state index contributed by atoms with van der Waals surface area (Å²) in [7, 11) is 2.61. The smallest absolute Gasteiger partial charge is 0.325 e. The van der Waals surface area contributed by atoms with Crippen LogP contribution in [0.25, 0.3) is 0 Å². The van der Waals surface area contributed by atoms with E-state index in [2.05, 4.69) is 10.1 Å². The lowest BCUT2D eigenvalue weighted by Crippen LogP contribution is -2.48. The number of carboxylic acid groups (broad SMARTS) is 1. The minimum atomic E-state index is -1.01. The van der Waals surface area contributed by atoms with Gasteiger partial charge in [-0.25, -0.2) is 4.79 Å². The van der Waals surface area contributed by atoms with Gasteiger partial charge in [-0.05, 0) is 13.8 Å². The first-order chi connectivity index (χ1) is 9.31. The van der Waals surface area contributed by atoms with Crippen LogP contribution >= 0.6 is 0 Å². The maximum absolute atomic E-state index is 11.9. The maximum atomic E-state index is 11.9. The van der Waals surface area contributed by atoms with E-state index in [-0.39, 0.29) is 25.6 Å². The molecule has 0 radical (unpaired) electrons. The third-order valence-electron chi connectivity index (χ3n) is 2.63. The second-order valence-electron chi connectivity index (χ2n) is 4.44. The van der Waals surface area contributed by atoms with Crippen molar-refractivity contribution in [2.24, 2.45) is 0 Å². The fourth-order valence-corrected chi connectivity index (χ4v) is 1.43. The lowest BCUT2D eigenvalue weighted by molar-refractivity contribution is -0.141. The Kier molecular flexibility index (Phi) is 8.30. The molecule has 0 aliphatic carbocycles.